The van der Waals surface area contributed by atoms with E-state index in [4.69, 9.17) is 9.90 Å². The van der Waals surface area contributed by atoms with Gasteiger partial charge in [0.2, 0.25) is 0 Å². The molecule has 0 aromatic heterocycles. The third-order valence-electron chi connectivity index (χ3n) is 0. The van der Waals surface area contributed by atoms with Crippen LogP contribution in [0.1, 0.15) is 6.92 Å². The summed E-state index contributed by atoms with van der Waals surface area (Å²) in [5.74, 6) is -0.833. The van der Waals surface area contributed by atoms with Crippen molar-refractivity contribution in [2.24, 2.45) is 0 Å². The van der Waals surface area contributed by atoms with Crippen LogP contribution in [0.4, 0.5) is 0 Å². The molecule has 0 bridgehead atoms. The van der Waals surface area contributed by atoms with Crippen molar-refractivity contribution >= 4 is 5.97 Å². The van der Waals surface area contributed by atoms with E-state index in [1.807, 2.05) is 0 Å². The van der Waals surface area contributed by atoms with Gasteiger partial charge in [-0.15, -0.1) is 0 Å². The van der Waals surface area contributed by atoms with Crippen molar-refractivity contribution < 1.29 is 46.4 Å². The van der Waals surface area contributed by atoms with Crippen molar-refractivity contribution in [3.05, 3.63) is 0 Å². The van der Waals surface area contributed by atoms with Gasteiger partial charge in [0.05, 0.1) is 0 Å². The van der Waals surface area contributed by atoms with Gasteiger partial charge in [-0.3, -0.25) is 4.79 Å². The van der Waals surface area contributed by atoms with Gasteiger partial charge in [-0.25, -0.2) is 0 Å². The van der Waals surface area contributed by atoms with Crippen molar-refractivity contribution in [3.63, 3.8) is 0 Å². The first-order chi connectivity index (χ1) is 1.73. The summed E-state index contributed by atoms with van der Waals surface area (Å²) in [6, 6.07) is 0. The predicted octanol–water partition coefficient (Wildman–Crippen LogP) is 0.0859. The van der Waals surface area contributed by atoms with E-state index in [0.717, 1.165) is 6.92 Å². The molecule has 0 spiro atoms. The van der Waals surface area contributed by atoms with Crippen molar-refractivity contribution in [1.82, 2.24) is 0 Å². The minimum Gasteiger partial charge on any atom is -0.481 e. The van der Waals surface area contributed by atoms with Gasteiger partial charge in [0.15, 0.2) is 0 Å². The molecule has 4 heteroatoms. The first-order valence-electron chi connectivity index (χ1n) is 0.928. The van der Waals surface area contributed by atoms with Crippen molar-refractivity contribution in [2.75, 3.05) is 0 Å². The summed E-state index contributed by atoms with van der Waals surface area (Å²) in [6.07, 6.45) is 0. The third-order valence-corrected chi connectivity index (χ3v) is 0. The van der Waals surface area contributed by atoms with Crippen molar-refractivity contribution in [2.45, 2.75) is 6.92 Å². The smallest absolute Gasteiger partial charge is 0.300 e. The summed E-state index contributed by atoms with van der Waals surface area (Å²) in [5.41, 5.74) is 0. The zero-order valence-corrected chi connectivity index (χ0v) is 7.49. The van der Waals surface area contributed by atoms with Gasteiger partial charge in [-0.05, 0) is 0 Å². The summed E-state index contributed by atoms with van der Waals surface area (Å²) >= 11 is 0. The number of rotatable bonds is 0. The minimum atomic E-state index is -0.833. The van der Waals surface area contributed by atoms with E-state index in [1.165, 1.54) is 0 Å². The molecule has 0 atom stereocenters. The Morgan fingerprint density at radius 3 is 1.67 bits per heavy atom. The number of aliphatic carboxylic acids is 1. The molecule has 0 amide bonds. The summed E-state index contributed by atoms with van der Waals surface area (Å²) in [7, 11) is 0. The molecule has 0 saturated heterocycles. The van der Waals surface area contributed by atoms with Crippen LogP contribution in [-0.2, 0) is 41.3 Å². The van der Waals surface area contributed by atoms with Gasteiger partial charge in [0.25, 0.3) is 5.97 Å². The van der Waals surface area contributed by atoms with Crippen LogP contribution < -0.4 is 0 Å². The summed E-state index contributed by atoms with van der Waals surface area (Å²) < 4.78 is 0. The fraction of sp³-hybridized carbons (Fsp3) is 0.500. The van der Waals surface area contributed by atoms with Gasteiger partial charge in [0, 0.05) is 43.5 Å². The third kappa shape index (κ3) is 160. The van der Waals surface area contributed by atoms with Crippen LogP contribution in [0.2, 0.25) is 0 Å². The number of carboxylic acid groups (broad SMARTS) is 1. The predicted molar refractivity (Wildman–Crippen MR) is 13.3 cm³/mol. The SMILES string of the molecule is CC(=O)O.[Fe].[Zn]. The van der Waals surface area contributed by atoms with Gasteiger partial charge in [-0.1, -0.05) is 0 Å². The van der Waals surface area contributed by atoms with Crippen LogP contribution >= 0.6 is 0 Å². The topological polar surface area (TPSA) is 37.3 Å². The Kier molecular flexibility index (Phi) is 24.3. The minimum absolute atomic E-state index is 0. The molecular weight excluding hydrogens is 177 g/mol. The number of carboxylic acids is 1. The van der Waals surface area contributed by atoms with Crippen LogP contribution in [0.15, 0.2) is 0 Å². The Labute approximate surface area is 59.5 Å². The van der Waals surface area contributed by atoms with Gasteiger partial charge in [-0.2, -0.15) is 0 Å². The van der Waals surface area contributed by atoms with E-state index < -0.39 is 5.97 Å². The number of carbonyl (C=O) groups is 1. The van der Waals surface area contributed by atoms with E-state index in [2.05, 4.69) is 0 Å². The van der Waals surface area contributed by atoms with E-state index in [1.54, 1.807) is 0 Å². The Morgan fingerprint density at radius 1 is 1.67 bits per heavy atom. The van der Waals surface area contributed by atoms with Crippen LogP contribution in [0.3, 0.4) is 0 Å². The van der Waals surface area contributed by atoms with Gasteiger partial charge < -0.3 is 5.11 Å². The molecule has 1 N–H and O–H groups in total. The van der Waals surface area contributed by atoms with Crippen LogP contribution in [0.5, 0.6) is 0 Å². The molecule has 0 radical (unpaired) electrons. The second kappa shape index (κ2) is 9.15. The first kappa shape index (κ1) is 16.0. The Morgan fingerprint density at radius 2 is 1.67 bits per heavy atom. The standard InChI is InChI=1S/C2H4O2.Fe.Zn/c1-2(3)4;;/h1H3,(H,3,4);;. The van der Waals surface area contributed by atoms with Crippen LogP contribution in [0.25, 0.3) is 0 Å². The Bertz CT molecular complexity index is 34.5. The van der Waals surface area contributed by atoms with Crippen LogP contribution in [-0.4, -0.2) is 11.1 Å². The first-order valence-corrected chi connectivity index (χ1v) is 0.928. The molecule has 0 saturated carbocycles. The molecule has 0 fully saturated rings. The molecule has 6 heavy (non-hydrogen) atoms. The van der Waals surface area contributed by atoms with Crippen molar-refractivity contribution in [3.8, 4) is 0 Å². The quantitative estimate of drug-likeness (QED) is 0.538. The Hall–Kier alpha value is 0.613. The normalized spacial score (nSPS) is 4.17. The van der Waals surface area contributed by atoms with E-state index in [0.29, 0.717) is 0 Å². The average Bonchev–Trinajstić information content (AvgIpc) is 0.811. The molecule has 0 aromatic carbocycles. The molecule has 0 aliphatic carbocycles. The van der Waals surface area contributed by atoms with Gasteiger partial charge >= 0.3 is 0 Å². The average molecular weight is 181 g/mol. The van der Waals surface area contributed by atoms with E-state index in [9.17, 15) is 0 Å². The monoisotopic (exact) mass is 180 g/mol. The molecule has 34 valence electrons. The van der Waals surface area contributed by atoms with E-state index in [-0.39, 0.29) is 36.5 Å². The molecule has 2 nitrogen and oxygen atoms in total. The zero-order valence-electron chi connectivity index (χ0n) is 3.42. The fourth-order valence-corrected chi connectivity index (χ4v) is 0. The zero-order chi connectivity index (χ0) is 3.58. The summed E-state index contributed by atoms with van der Waals surface area (Å²) in [5, 5.41) is 7.42. The maximum atomic E-state index is 9.00. The molecular formula is C2H4FeO2Zn. The van der Waals surface area contributed by atoms with Crippen LogP contribution in [0, 0.1) is 0 Å². The second-order valence-corrected chi connectivity index (χ2v) is 0.519. The maximum absolute atomic E-state index is 9.00. The maximum Gasteiger partial charge on any atom is 0.300 e. The van der Waals surface area contributed by atoms with Crippen molar-refractivity contribution in [1.29, 1.82) is 0 Å². The molecule has 0 aliphatic heterocycles. The number of hydrogen-bond donors (Lipinski definition) is 1. The summed E-state index contributed by atoms with van der Waals surface area (Å²) in [6.45, 7) is 1.08. The fourth-order valence-electron chi connectivity index (χ4n) is 0. The molecule has 0 rings (SSSR count). The summed E-state index contributed by atoms with van der Waals surface area (Å²) in [4.78, 5) is 9.00. The molecule has 0 unspecified atom stereocenters. The number of hydrogen-bond acceptors (Lipinski definition) is 1. The second-order valence-electron chi connectivity index (χ2n) is 0.519. The molecule has 0 aromatic rings. The van der Waals surface area contributed by atoms with E-state index >= 15 is 0 Å². The molecule has 0 heterocycles. The Balaban J connectivity index is -0.0000000450. The molecule has 0 aliphatic rings. The largest absolute Gasteiger partial charge is 0.481 e. The van der Waals surface area contributed by atoms with Gasteiger partial charge in [0.1, 0.15) is 0 Å².